The number of Topliss-reactive ketones (excluding diaryl/α,β-unsaturated/α-hetero) is 1. The SMILES string of the molecule is CC(C)c1cc(C(=O)N2CCOC[C@H]2CC(=O)c2ccccc2)no1. The molecule has 25 heavy (non-hydrogen) atoms. The van der Waals surface area contributed by atoms with Crippen molar-refractivity contribution < 1.29 is 18.8 Å². The van der Waals surface area contributed by atoms with Crippen molar-refractivity contribution in [2.45, 2.75) is 32.2 Å². The molecular weight excluding hydrogens is 320 g/mol. The summed E-state index contributed by atoms with van der Waals surface area (Å²) in [6.45, 7) is 5.20. The number of carbonyl (C=O) groups is 2. The number of aromatic nitrogens is 1. The van der Waals surface area contributed by atoms with Crippen LogP contribution in [-0.4, -0.2) is 47.5 Å². The third-order valence-corrected chi connectivity index (χ3v) is 4.32. The van der Waals surface area contributed by atoms with Gasteiger partial charge in [-0.15, -0.1) is 0 Å². The highest BCUT2D eigenvalue weighted by molar-refractivity contribution is 5.97. The van der Waals surface area contributed by atoms with Crippen LogP contribution in [0.15, 0.2) is 40.9 Å². The molecule has 0 spiro atoms. The summed E-state index contributed by atoms with van der Waals surface area (Å²) in [7, 11) is 0. The van der Waals surface area contributed by atoms with Crippen molar-refractivity contribution >= 4 is 11.7 Å². The van der Waals surface area contributed by atoms with Crippen LogP contribution in [0.2, 0.25) is 0 Å². The van der Waals surface area contributed by atoms with Gasteiger partial charge in [0.25, 0.3) is 5.91 Å². The van der Waals surface area contributed by atoms with Gasteiger partial charge in [-0.05, 0) is 0 Å². The van der Waals surface area contributed by atoms with Crippen LogP contribution < -0.4 is 0 Å². The van der Waals surface area contributed by atoms with E-state index in [1.165, 1.54) is 0 Å². The standard InChI is InChI=1S/C19H22N2O4/c1-13(2)18-11-16(20-25-18)19(23)21-8-9-24-12-15(21)10-17(22)14-6-4-3-5-7-14/h3-7,11,13,15H,8-10,12H2,1-2H3/t15-/m1/s1. The molecule has 2 heterocycles. The van der Waals surface area contributed by atoms with Gasteiger partial charge in [0.05, 0.1) is 19.3 Å². The first-order chi connectivity index (χ1) is 12.1. The molecule has 132 valence electrons. The number of hydrogen-bond donors (Lipinski definition) is 0. The quantitative estimate of drug-likeness (QED) is 0.781. The van der Waals surface area contributed by atoms with E-state index in [9.17, 15) is 9.59 Å². The highest BCUT2D eigenvalue weighted by Crippen LogP contribution is 2.20. The Morgan fingerprint density at radius 3 is 2.72 bits per heavy atom. The van der Waals surface area contributed by atoms with Crippen LogP contribution in [0.1, 0.15) is 52.8 Å². The van der Waals surface area contributed by atoms with Gasteiger partial charge >= 0.3 is 0 Å². The van der Waals surface area contributed by atoms with E-state index in [-0.39, 0.29) is 35.8 Å². The van der Waals surface area contributed by atoms with Crippen LogP contribution >= 0.6 is 0 Å². The zero-order chi connectivity index (χ0) is 17.8. The predicted molar refractivity (Wildman–Crippen MR) is 91.6 cm³/mol. The second-order valence-electron chi connectivity index (χ2n) is 6.49. The van der Waals surface area contributed by atoms with Crippen LogP contribution in [0, 0.1) is 0 Å². The van der Waals surface area contributed by atoms with Gasteiger partial charge in [-0.1, -0.05) is 49.3 Å². The van der Waals surface area contributed by atoms with Crippen molar-refractivity contribution in [3.8, 4) is 0 Å². The summed E-state index contributed by atoms with van der Waals surface area (Å²) in [5.41, 5.74) is 0.923. The average Bonchev–Trinajstić information content (AvgIpc) is 3.13. The van der Waals surface area contributed by atoms with Crippen molar-refractivity contribution in [3.63, 3.8) is 0 Å². The Balaban J connectivity index is 1.74. The molecule has 6 heteroatoms. The number of benzene rings is 1. The van der Waals surface area contributed by atoms with Crippen LogP contribution in [0.3, 0.4) is 0 Å². The van der Waals surface area contributed by atoms with Crippen LogP contribution in [-0.2, 0) is 4.74 Å². The van der Waals surface area contributed by atoms with E-state index in [0.29, 0.717) is 31.1 Å². The van der Waals surface area contributed by atoms with Crippen molar-refractivity contribution in [1.29, 1.82) is 0 Å². The average molecular weight is 342 g/mol. The highest BCUT2D eigenvalue weighted by Gasteiger charge is 2.31. The first kappa shape index (κ1) is 17.4. The minimum absolute atomic E-state index is 0.00285. The third-order valence-electron chi connectivity index (χ3n) is 4.32. The molecule has 1 fully saturated rings. The highest BCUT2D eigenvalue weighted by atomic mass is 16.5. The minimum Gasteiger partial charge on any atom is -0.377 e. The molecule has 0 N–H and O–H groups in total. The molecule has 6 nitrogen and oxygen atoms in total. The monoisotopic (exact) mass is 342 g/mol. The van der Waals surface area contributed by atoms with Crippen molar-refractivity contribution in [2.75, 3.05) is 19.8 Å². The smallest absolute Gasteiger partial charge is 0.276 e. The van der Waals surface area contributed by atoms with E-state index in [4.69, 9.17) is 9.26 Å². The molecule has 2 aromatic rings. The molecule has 1 atom stereocenters. The zero-order valence-electron chi connectivity index (χ0n) is 14.5. The Labute approximate surface area is 146 Å². The molecule has 1 aromatic heterocycles. The molecule has 0 saturated carbocycles. The van der Waals surface area contributed by atoms with Crippen molar-refractivity contribution in [2.24, 2.45) is 0 Å². The van der Waals surface area contributed by atoms with Gasteiger partial charge in [-0.3, -0.25) is 9.59 Å². The van der Waals surface area contributed by atoms with Gasteiger partial charge in [-0.25, -0.2) is 0 Å². The number of rotatable bonds is 5. The summed E-state index contributed by atoms with van der Waals surface area (Å²) >= 11 is 0. The maximum Gasteiger partial charge on any atom is 0.276 e. The second-order valence-corrected chi connectivity index (χ2v) is 6.49. The van der Waals surface area contributed by atoms with E-state index >= 15 is 0 Å². The normalized spacial score (nSPS) is 17.7. The van der Waals surface area contributed by atoms with Gasteiger partial charge in [0.15, 0.2) is 11.5 Å². The first-order valence-corrected chi connectivity index (χ1v) is 8.50. The maximum atomic E-state index is 12.8. The molecule has 1 saturated heterocycles. The summed E-state index contributed by atoms with van der Waals surface area (Å²) in [6, 6.07) is 10.5. The number of amides is 1. The van der Waals surface area contributed by atoms with E-state index in [1.54, 1.807) is 23.1 Å². The van der Waals surface area contributed by atoms with E-state index in [0.717, 1.165) is 0 Å². The Morgan fingerprint density at radius 1 is 1.28 bits per heavy atom. The zero-order valence-corrected chi connectivity index (χ0v) is 14.5. The molecule has 0 unspecified atom stereocenters. The predicted octanol–water partition coefficient (Wildman–Crippen LogP) is 2.91. The van der Waals surface area contributed by atoms with E-state index in [2.05, 4.69) is 5.16 Å². The molecule has 1 aliphatic rings. The lowest BCUT2D eigenvalue weighted by molar-refractivity contribution is -0.00329. The fourth-order valence-corrected chi connectivity index (χ4v) is 2.86. The van der Waals surface area contributed by atoms with Crippen molar-refractivity contribution in [1.82, 2.24) is 10.1 Å². The van der Waals surface area contributed by atoms with Gasteiger partial charge in [0.2, 0.25) is 0 Å². The lowest BCUT2D eigenvalue weighted by Crippen LogP contribution is -2.49. The minimum atomic E-state index is -0.298. The number of ketones is 1. The summed E-state index contributed by atoms with van der Waals surface area (Å²) in [5, 5.41) is 3.89. The first-order valence-electron chi connectivity index (χ1n) is 8.50. The Morgan fingerprint density at radius 2 is 2.04 bits per heavy atom. The Kier molecular flexibility index (Phi) is 5.28. The fourth-order valence-electron chi connectivity index (χ4n) is 2.86. The van der Waals surface area contributed by atoms with Gasteiger partial charge in [0, 0.05) is 30.5 Å². The number of ether oxygens (including phenoxy) is 1. The fraction of sp³-hybridized carbons (Fsp3) is 0.421. The van der Waals surface area contributed by atoms with Crippen LogP contribution in [0.25, 0.3) is 0 Å². The van der Waals surface area contributed by atoms with E-state index in [1.807, 2.05) is 32.0 Å². The van der Waals surface area contributed by atoms with Crippen LogP contribution in [0.5, 0.6) is 0 Å². The van der Waals surface area contributed by atoms with Crippen molar-refractivity contribution in [3.05, 3.63) is 53.4 Å². The summed E-state index contributed by atoms with van der Waals surface area (Å²) in [5.74, 6) is 0.615. The largest absolute Gasteiger partial charge is 0.377 e. The topological polar surface area (TPSA) is 72.6 Å². The second kappa shape index (κ2) is 7.61. The lowest BCUT2D eigenvalue weighted by Gasteiger charge is -2.34. The van der Waals surface area contributed by atoms with Gasteiger partial charge < -0.3 is 14.2 Å². The van der Waals surface area contributed by atoms with Gasteiger partial charge in [0.1, 0.15) is 5.76 Å². The number of morpholine rings is 1. The molecule has 1 aromatic carbocycles. The molecular formula is C19H22N2O4. The molecule has 0 bridgehead atoms. The molecule has 3 rings (SSSR count). The molecule has 1 aliphatic heterocycles. The maximum absolute atomic E-state index is 12.8. The third kappa shape index (κ3) is 3.96. The van der Waals surface area contributed by atoms with E-state index < -0.39 is 0 Å². The Hall–Kier alpha value is -2.47. The molecule has 1 amide bonds. The van der Waals surface area contributed by atoms with Gasteiger partial charge in [-0.2, -0.15) is 0 Å². The summed E-state index contributed by atoms with van der Waals surface area (Å²) in [4.78, 5) is 27.0. The van der Waals surface area contributed by atoms with Crippen LogP contribution in [0.4, 0.5) is 0 Å². The number of nitrogens with zero attached hydrogens (tertiary/aromatic N) is 2. The molecule has 0 aliphatic carbocycles. The number of carbonyl (C=O) groups excluding carboxylic acids is 2. The molecule has 0 radical (unpaired) electrons. The lowest BCUT2D eigenvalue weighted by atomic mass is 10.0. The Bertz CT molecular complexity index is 739. The summed E-state index contributed by atoms with van der Waals surface area (Å²) < 4.78 is 10.7. The summed E-state index contributed by atoms with van der Waals surface area (Å²) in [6.07, 6.45) is 0.227. The number of hydrogen-bond acceptors (Lipinski definition) is 5.